The highest BCUT2D eigenvalue weighted by molar-refractivity contribution is 6.30. The van der Waals surface area contributed by atoms with Crippen molar-refractivity contribution in [1.29, 1.82) is 0 Å². The molecule has 1 aromatic carbocycles. The Labute approximate surface area is 130 Å². The number of rotatable bonds is 7. The van der Waals surface area contributed by atoms with Gasteiger partial charge < -0.3 is 9.73 Å². The SMILES string of the molecule is CCCNC(Cc1ccc(Cl)c(F)c1)c1ccc(CC)o1. The van der Waals surface area contributed by atoms with Gasteiger partial charge in [-0.25, -0.2) is 4.39 Å². The normalized spacial score (nSPS) is 12.6. The minimum atomic E-state index is -0.378. The predicted molar refractivity (Wildman–Crippen MR) is 84.2 cm³/mol. The van der Waals surface area contributed by atoms with Crippen molar-refractivity contribution in [1.82, 2.24) is 5.32 Å². The largest absolute Gasteiger partial charge is 0.464 e. The zero-order valence-electron chi connectivity index (χ0n) is 12.5. The summed E-state index contributed by atoms with van der Waals surface area (Å²) in [6.45, 7) is 5.07. The summed E-state index contributed by atoms with van der Waals surface area (Å²) in [5.41, 5.74) is 0.903. The van der Waals surface area contributed by atoms with E-state index in [4.69, 9.17) is 16.0 Å². The summed E-state index contributed by atoms with van der Waals surface area (Å²) in [5.74, 6) is 1.49. The third kappa shape index (κ3) is 4.32. The second-order valence-electron chi connectivity index (χ2n) is 5.12. The van der Waals surface area contributed by atoms with Gasteiger partial charge in [0.15, 0.2) is 0 Å². The molecule has 1 unspecified atom stereocenters. The van der Waals surface area contributed by atoms with Crippen molar-refractivity contribution in [2.75, 3.05) is 6.54 Å². The third-order valence-corrected chi connectivity index (χ3v) is 3.75. The lowest BCUT2D eigenvalue weighted by molar-refractivity contribution is 0.392. The first-order valence-corrected chi connectivity index (χ1v) is 7.77. The van der Waals surface area contributed by atoms with E-state index < -0.39 is 0 Å². The lowest BCUT2D eigenvalue weighted by Gasteiger charge is -2.16. The van der Waals surface area contributed by atoms with Gasteiger partial charge >= 0.3 is 0 Å². The highest BCUT2D eigenvalue weighted by Gasteiger charge is 2.16. The molecule has 0 aliphatic heterocycles. The Hall–Kier alpha value is -1.32. The number of benzene rings is 1. The van der Waals surface area contributed by atoms with Gasteiger partial charge in [0, 0.05) is 6.42 Å². The zero-order valence-corrected chi connectivity index (χ0v) is 13.2. The van der Waals surface area contributed by atoms with Gasteiger partial charge in [0.25, 0.3) is 0 Å². The van der Waals surface area contributed by atoms with Crippen LogP contribution in [0.1, 0.15) is 43.4 Å². The molecule has 1 atom stereocenters. The first-order chi connectivity index (χ1) is 10.1. The lowest BCUT2D eigenvalue weighted by Crippen LogP contribution is -2.23. The van der Waals surface area contributed by atoms with Crippen LogP contribution in [0, 0.1) is 5.82 Å². The second-order valence-corrected chi connectivity index (χ2v) is 5.52. The Morgan fingerprint density at radius 3 is 2.67 bits per heavy atom. The number of nitrogens with one attached hydrogen (secondary N) is 1. The van der Waals surface area contributed by atoms with Crippen molar-refractivity contribution >= 4 is 11.6 Å². The standard InChI is InChI=1S/C17H21ClFNO/c1-3-9-20-16(17-8-6-13(4-2)21-17)11-12-5-7-14(18)15(19)10-12/h5-8,10,16,20H,3-4,9,11H2,1-2H3. The number of aryl methyl sites for hydroxylation is 1. The van der Waals surface area contributed by atoms with Gasteiger partial charge in [-0.2, -0.15) is 0 Å². The molecular formula is C17H21ClFNO. The summed E-state index contributed by atoms with van der Waals surface area (Å²) in [6.07, 6.45) is 2.58. The highest BCUT2D eigenvalue weighted by Crippen LogP contribution is 2.23. The molecule has 2 nitrogen and oxygen atoms in total. The highest BCUT2D eigenvalue weighted by atomic mass is 35.5. The zero-order chi connectivity index (χ0) is 15.2. The number of halogens is 2. The van der Waals surface area contributed by atoms with Gasteiger partial charge in [-0.15, -0.1) is 0 Å². The average molecular weight is 310 g/mol. The summed E-state index contributed by atoms with van der Waals surface area (Å²) < 4.78 is 19.4. The quantitative estimate of drug-likeness (QED) is 0.785. The van der Waals surface area contributed by atoms with Gasteiger partial charge in [0.1, 0.15) is 17.3 Å². The third-order valence-electron chi connectivity index (χ3n) is 3.44. The summed E-state index contributed by atoms with van der Waals surface area (Å²) in [6, 6.07) is 8.99. The molecule has 4 heteroatoms. The van der Waals surface area contributed by atoms with Crippen LogP contribution in [-0.4, -0.2) is 6.54 Å². The predicted octanol–water partition coefficient (Wildman–Crippen LogP) is 4.92. The summed E-state index contributed by atoms with van der Waals surface area (Å²) in [7, 11) is 0. The van der Waals surface area contributed by atoms with Crippen molar-refractivity contribution in [3.05, 3.63) is 58.3 Å². The van der Waals surface area contributed by atoms with Crippen LogP contribution in [0.25, 0.3) is 0 Å². The molecule has 0 saturated carbocycles. The summed E-state index contributed by atoms with van der Waals surface area (Å²) in [5, 5.41) is 3.61. The maximum Gasteiger partial charge on any atom is 0.142 e. The Bertz CT molecular complexity index is 582. The Morgan fingerprint density at radius 2 is 2.05 bits per heavy atom. The van der Waals surface area contributed by atoms with Crippen LogP contribution >= 0.6 is 11.6 Å². The molecule has 0 spiro atoms. The summed E-state index contributed by atoms with van der Waals surface area (Å²) in [4.78, 5) is 0. The molecule has 0 saturated heterocycles. The fourth-order valence-corrected chi connectivity index (χ4v) is 2.38. The Morgan fingerprint density at radius 1 is 1.24 bits per heavy atom. The molecule has 0 bridgehead atoms. The van der Waals surface area contributed by atoms with Gasteiger partial charge in [-0.1, -0.05) is 31.5 Å². The topological polar surface area (TPSA) is 25.2 Å². The molecule has 1 aromatic heterocycles. The summed E-state index contributed by atoms with van der Waals surface area (Å²) >= 11 is 5.73. The van der Waals surface area contributed by atoms with Crippen LogP contribution in [-0.2, 0) is 12.8 Å². The smallest absolute Gasteiger partial charge is 0.142 e. The molecule has 1 heterocycles. The van der Waals surface area contributed by atoms with Crippen LogP contribution in [0.5, 0.6) is 0 Å². The van der Waals surface area contributed by atoms with Crippen LogP contribution < -0.4 is 5.32 Å². The van der Waals surface area contributed by atoms with E-state index in [9.17, 15) is 4.39 Å². The molecule has 0 aliphatic rings. The van der Waals surface area contributed by atoms with Crippen molar-refractivity contribution in [2.45, 2.75) is 39.2 Å². The fourth-order valence-electron chi connectivity index (χ4n) is 2.27. The van der Waals surface area contributed by atoms with Gasteiger partial charge in [-0.3, -0.25) is 0 Å². The molecule has 2 rings (SSSR count). The second kappa shape index (κ2) is 7.62. The van der Waals surface area contributed by atoms with Crippen molar-refractivity contribution < 1.29 is 8.81 Å². The monoisotopic (exact) mass is 309 g/mol. The first-order valence-electron chi connectivity index (χ1n) is 7.40. The number of hydrogen-bond donors (Lipinski definition) is 1. The van der Waals surface area contributed by atoms with E-state index in [1.807, 2.05) is 18.2 Å². The maximum atomic E-state index is 13.6. The maximum absolute atomic E-state index is 13.6. The fraction of sp³-hybridized carbons (Fsp3) is 0.412. The van der Waals surface area contributed by atoms with Crippen molar-refractivity contribution in [2.24, 2.45) is 0 Å². The van der Waals surface area contributed by atoms with E-state index in [1.54, 1.807) is 6.07 Å². The minimum Gasteiger partial charge on any atom is -0.464 e. The number of hydrogen-bond acceptors (Lipinski definition) is 2. The Kier molecular flexibility index (Phi) is 5.83. The average Bonchev–Trinajstić information content (AvgIpc) is 2.96. The van der Waals surface area contributed by atoms with Gasteiger partial charge in [0.05, 0.1) is 11.1 Å². The minimum absolute atomic E-state index is 0.0471. The van der Waals surface area contributed by atoms with E-state index in [1.165, 1.54) is 6.07 Å². The van der Waals surface area contributed by atoms with E-state index in [2.05, 4.69) is 19.2 Å². The van der Waals surface area contributed by atoms with E-state index in [0.29, 0.717) is 6.42 Å². The van der Waals surface area contributed by atoms with E-state index in [0.717, 1.165) is 36.5 Å². The molecule has 0 fully saturated rings. The van der Waals surface area contributed by atoms with Crippen LogP contribution in [0.4, 0.5) is 4.39 Å². The molecular weight excluding hydrogens is 289 g/mol. The molecule has 1 N–H and O–H groups in total. The van der Waals surface area contributed by atoms with Crippen molar-refractivity contribution in [3.63, 3.8) is 0 Å². The molecule has 0 amide bonds. The van der Waals surface area contributed by atoms with Crippen molar-refractivity contribution in [3.8, 4) is 0 Å². The lowest BCUT2D eigenvalue weighted by atomic mass is 10.0. The molecule has 2 aromatic rings. The van der Waals surface area contributed by atoms with E-state index in [-0.39, 0.29) is 16.9 Å². The van der Waals surface area contributed by atoms with Crippen LogP contribution in [0.2, 0.25) is 5.02 Å². The van der Waals surface area contributed by atoms with E-state index >= 15 is 0 Å². The van der Waals surface area contributed by atoms with Crippen LogP contribution in [0.15, 0.2) is 34.7 Å². The molecule has 21 heavy (non-hydrogen) atoms. The van der Waals surface area contributed by atoms with Gasteiger partial charge in [-0.05, 0) is 49.2 Å². The molecule has 114 valence electrons. The van der Waals surface area contributed by atoms with Crippen LogP contribution in [0.3, 0.4) is 0 Å². The first kappa shape index (κ1) is 16.1. The Balaban J connectivity index is 2.17. The molecule has 0 aliphatic carbocycles. The number of furan rings is 1. The van der Waals surface area contributed by atoms with Gasteiger partial charge in [0.2, 0.25) is 0 Å². The molecule has 0 radical (unpaired) electrons.